The lowest BCUT2D eigenvalue weighted by molar-refractivity contribution is 0.478. The SMILES string of the molecule is Nc1cc(-n2cc(Br)cn2)ccc1O. The van der Waals surface area contributed by atoms with Gasteiger partial charge in [-0.05, 0) is 34.1 Å². The Kier molecular flexibility index (Phi) is 2.17. The molecule has 1 heterocycles. The third kappa shape index (κ3) is 1.58. The van der Waals surface area contributed by atoms with Crippen molar-refractivity contribution < 1.29 is 5.11 Å². The highest BCUT2D eigenvalue weighted by atomic mass is 79.9. The van der Waals surface area contributed by atoms with E-state index >= 15 is 0 Å². The number of nitrogens with two attached hydrogens (primary N) is 1. The molecule has 0 atom stereocenters. The zero-order valence-corrected chi connectivity index (χ0v) is 8.77. The summed E-state index contributed by atoms with van der Waals surface area (Å²) in [6, 6.07) is 4.94. The fourth-order valence-corrected chi connectivity index (χ4v) is 1.41. The molecule has 0 aliphatic heterocycles. The second-order valence-corrected chi connectivity index (χ2v) is 3.76. The van der Waals surface area contributed by atoms with Gasteiger partial charge < -0.3 is 10.8 Å². The lowest BCUT2D eigenvalue weighted by Gasteiger charge is -2.03. The Morgan fingerprint density at radius 2 is 2.21 bits per heavy atom. The first-order valence-electron chi connectivity index (χ1n) is 3.96. The number of hydrogen-bond donors (Lipinski definition) is 2. The van der Waals surface area contributed by atoms with Gasteiger partial charge >= 0.3 is 0 Å². The molecule has 72 valence electrons. The Morgan fingerprint density at radius 1 is 1.43 bits per heavy atom. The van der Waals surface area contributed by atoms with Crippen LogP contribution >= 0.6 is 15.9 Å². The molecule has 5 heteroatoms. The summed E-state index contributed by atoms with van der Waals surface area (Å²) in [7, 11) is 0. The van der Waals surface area contributed by atoms with E-state index in [1.807, 2.05) is 6.20 Å². The van der Waals surface area contributed by atoms with Crippen LogP contribution in [0.1, 0.15) is 0 Å². The van der Waals surface area contributed by atoms with E-state index in [0.717, 1.165) is 10.2 Å². The molecule has 0 saturated carbocycles. The Morgan fingerprint density at radius 3 is 2.79 bits per heavy atom. The predicted molar refractivity (Wildman–Crippen MR) is 57.3 cm³/mol. The molecule has 0 radical (unpaired) electrons. The molecule has 14 heavy (non-hydrogen) atoms. The van der Waals surface area contributed by atoms with Crippen molar-refractivity contribution in [1.29, 1.82) is 0 Å². The first-order valence-corrected chi connectivity index (χ1v) is 4.75. The molecule has 0 amide bonds. The Labute approximate surface area is 89.1 Å². The van der Waals surface area contributed by atoms with Crippen molar-refractivity contribution in [2.24, 2.45) is 0 Å². The molecule has 0 unspecified atom stereocenters. The number of nitrogen functional groups attached to an aromatic ring is 1. The van der Waals surface area contributed by atoms with Gasteiger partial charge in [0, 0.05) is 6.20 Å². The Hall–Kier alpha value is -1.49. The minimum Gasteiger partial charge on any atom is -0.506 e. The minimum absolute atomic E-state index is 0.0833. The van der Waals surface area contributed by atoms with Crippen molar-refractivity contribution in [2.45, 2.75) is 0 Å². The molecule has 0 spiro atoms. The molecule has 0 bridgehead atoms. The van der Waals surface area contributed by atoms with E-state index in [9.17, 15) is 5.11 Å². The van der Waals surface area contributed by atoms with Crippen LogP contribution in [-0.4, -0.2) is 14.9 Å². The monoisotopic (exact) mass is 253 g/mol. The molecule has 0 aliphatic carbocycles. The van der Waals surface area contributed by atoms with Crippen LogP contribution in [0.3, 0.4) is 0 Å². The van der Waals surface area contributed by atoms with Gasteiger partial charge in [0.25, 0.3) is 0 Å². The Bertz CT molecular complexity index is 467. The molecule has 0 saturated heterocycles. The van der Waals surface area contributed by atoms with Crippen LogP contribution < -0.4 is 5.73 Å². The summed E-state index contributed by atoms with van der Waals surface area (Å²) >= 11 is 3.30. The molecule has 0 aliphatic rings. The summed E-state index contributed by atoms with van der Waals surface area (Å²) in [4.78, 5) is 0. The summed E-state index contributed by atoms with van der Waals surface area (Å²) in [6.07, 6.45) is 3.49. The van der Waals surface area contributed by atoms with Crippen LogP contribution in [0.4, 0.5) is 5.69 Å². The summed E-state index contributed by atoms with van der Waals surface area (Å²) in [6.45, 7) is 0. The number of benzene rings is 1. The maximum absolute atomic E-state index is 9.23. The number of anilines is 1. The first kappa shape index (κ1) is 9.08. The number of halogens is 1. The zero-order valence-electron chi connectivity index (χ0n) is 7.18. The summed E-state index contributed by atoms with van der Waals surface area (Å²) < 4.78 is 2.56. The second kappa shape index (κ2) is 3.34. The molecule has 2 rings (SSSR count). The van der Waals surface area contributed by atoms with Crippen LogP contribution in [0.15, 0.2) is 35.1 Å². The van der Waals surface area contributed by atoms with Crippen LogP contribution in [0.25, 0.3) is 5.69 Å². The van der Waals surface area contributed by atoms with E-state index in [1.54, 1.807) is 29.1 Å². The number of aromatic hydroxyl groups is 1. The highest BCUT2D eigenvalue weighted by molar-refractivity contribution is 9.10. The van der Waals surface area contributed by atoms with E-state index in [4.69, 9.17) is 5.73 Å². The van der Waals surface area contributed by atoms with Crippen LogP contribution in [0, 0.1) is 0 Å². The van der Waals surface area contributed by atoms with Crippen LogP contribution in [-0.2, 0) is 0 Å². The maximum Gasteiger partial charge on any atom is 0.138 e. The molecule has 1 aromatic heterocycles. The molecule has 2 aromatic rings. The van der Waals surface area contributed by atoms with E-state index in [-0.39, 0.29) is 5.75 Å². The number of rotatable bonds is 1. The van der Waals surface area contributed by atoms with Gasteiger partial charge in [-0.1, -0.05) is 0 Å². The molecule has 4 nitrogen and oxygen atoms in total. The smallest absolute Gasteiger partial charge is 0.138 e. The van der Waals surface area contributed by atoms with Gasteiger partial charge in [-0.3, -0.25) is 0 Å². The molecular weight excluding hydrogens is 246 g/mol. The first-order chi connectivity index (χ1) is 6.66. The fourth-order valence-electron chi connectivity index (χ4n) is 1.13. The maximum atomic E-state index is 9.23. The normalized spacial score (nSPS) is 10.4. The minimum atomic E-state index is 0.0833. The van der Waals surface area contributed by atoms with Crippen molar-refractivity contribution >= 4 is 21.6 Å². The van der Waals surface area contributed by atoms with E-state index in [0.29, 0.717) is 5.69 Å². The molecule has 0 fully saturated rings. The van der Waals surface area contributed by atoms with E-state index < -0.39 is 0 Å². The lowest BCUT2D eigenvalue weighted by Crippen LogP contribution is -1.95. The van der Waals surface area contributed by atoms with Crippen molar-refractivity contribution in [2.75, 3.05) is 5.73 Å². The van der Waals surface area contributed by atoms with Crippen molar-refractivity contribution in [3.63, 3.8) is 0 Å². The van der Waals surface area contributed by atoms with Gasteiger partial charge in [-0.25, -0.2) is 4.68 Å². The predicted octanol–water partition coefficient (Wildman–Crippen LogP) is 1.92. The van der Waals surface area contributed by atoms with Gasteiger partial charge in [0.15, 0.2) is 0 Å². The molecule has 3 N–H and O–H groups in total. The van der Waals surface area contributed by atoms with Crippen LogP contribution in [0.2, 0.25) is 0 Å². The number of phenolic OH excluding ortho intramolecular Hbond substituents is 1. The third-order valence-electron chi connectivity index (χ3n) is 1.83. The average molecular weight is 254 g/mol. The highest BCUT2D eigenvalue weighted by Crippen LogP contribution is 2.22. The largest absolute Gasteiger partial charge is 0.506 e. The number of phenols is 1. The standard InChI is InChI=1S/C9H8BrN3O/c10-6-4-12-13(5-6)7-1-2-9(14)8(11)3-7/h1-5,14H,11H2. The number of hydrogen-bond acceptors (Lipinski definition) is 3. The second-order valence-electron chi connectivity index (χ2n) is 2.85. The number of nitrogens with zero attached hydrogens (tertiary/aromatic N) is 2. The van der Waals surface area contributed by atoms with Gasteiger partial charge in [0.1, 0.15) is 5.75 Å². The quantitative estimate of drug-likeness (QED) is 0.603. The topological polar surface area (TPSA) is 64.1 Å². The van der Waals surface area contributed by atoms with Crippen molar-refractivity contribution in [1.82, 2.24) is 9.78 Å². The summed E-state index contributed by atoms with van der Waals surface area (Å²) in [5.74, 6) is 0.0833. The van der Waals surface area contributed by atoms with E-state index in [1.165, 1.54) is 0 Å². The summed E-state index contributed by atoms with van der Waals surface area (Å²) in [5, 5.41) is 13.3. The van der Waals surface area contributed by atoms with Gasteiger partial charge in [0.05, 0.1) is 22.0 Å². The van der Waals surface area contributed by atoms with Gasteiger partial charge in [-0.15, -0.1) is 0 Å². The van der Waals surface area contributed by atoms with Gasteiger partial charge in [-0.2, -0.15) is 5.10 Å². The molecular formula is C9H8BrN3O. The average Bonchev–Trinajstić information content (AvgIpc) is 2.57. The van der Waals surface area contributed by atoms with Crippen molar-refractivity contribution in [3.8, 4) is 11.4 Å². The molecule has 1 aromatic carbocycles. The zero-order chi connectivity index (χ0) is 10.1. The third-order valence-corrected chi connectivity index (χ3v) is 2.24. The summed E-state index contributed by atoms with van der Waals surface area (Å²) in [5.41, 5.74) is 6.71. The van der Waals surface area contributed by atoms with Crippen molar-refractivity contribution in [3.05, 3.63) is 35.1 Å². The Balaban J connectivity index is 2.47. The highest BCUT2D eigenvalue weighted by Gasteiger charge is 2.01. The fraction of sp³-hybridized carbons (Fsp3) is 0. The van der Waals surface area contributed by atoms with Crippen LogP contribution in [0.5, 0.6) is 5.75 Å². The van der Waals surface area contributed by atoms with Gasteiger partial charge in [0.2, 0.25) is 0 Å². The lowest BCUT2D eigenvalue weighted by atomic mass is 10.2. The number of aromatic nitrogens is 2. The van der Waals surface area contributed by atoms with E-state index in [2.05, 4.69) is 21.0 Å².